The second-order valence-corrected chi connectivity index (χ2v) is 4.14. The van der Waals surface area contributed by atoms with Gasteiger partial charge in [-0.25, -0.2) is 0 Å². The molecule has 1 aromatic carbocycles. The second-order valence-electron chi connectivity index (χ2n) is 4.14. The monoisotopic (exact) mass is 235 g/mol. The van der Waals surface area contributed by atoms with Crippen molar-refractivity contribution in [1.29, 1.82) is 0 Å². The van der Waals surface area contributed by atoms with Crippen molar-refractivity contribution in [3.8, 4) is 5.75 Å². The molecule has 0 aromatic heterocycles. The maximum absolute atomic E-state index is 11.4. The first-order valence-corrected chi connectivity index (χ1v) is 5.92. The zero-order valence-electron chi connectivity index (χ0n) is 9.74. The molecule has 17 heavy (non-hydrogen) atoms. The SMILES string of the molecule is O=C(CCCO)NCc1ccc2c(c1)CCO2. The Bertz CT molecular complexity index is 404. The van der Waals surface area contributed by atoms with Crippen LogP contribution in [0.4, 0.5) is 0 Å². The van der Waals surface area contributed by atoms with Crippen LogP contribution in [-0.2, 0) is 17.8 Å². The van der Waals surface area contributed by atoms with E-state index in [0.717, 1.165) is 24.3 Å². The number of carbonyl (C=O) groups is 1. The molecule has 2 rings (SSSR count). The summed E-state index contributed by atoms with van der Waals surface area (Å²) in [7, 11) is 0. The zero-order chi connectivity index (χ0) is 12.1. The lowest BCUT2D eigenvalue weighted by Gasteiger charge is -2.06. The van der Waals surface area contributed by atoms with E-state index in [2.05, 4.69) is 11.4 Å². The van der Waals surface area contributed by atoms with Gasteiger partial charge in [0.2, 0.25) is 5.91 Å². The van der Waals surface area contributed by atoms with E-state index in [0.29, 0.717) is 19.4 Å². The molecule has 1 aliphatic heterocycles. The van der Waals surface area contributed by atoms with Crippen LogP contribution in [0.2, 0.25) is 0 Å². The maximum atomic E-state index is 11.4. The van der Waals surface area contributed by atoms with Crippen LogP contribution in [0.25, 0.3) is 0 Å². The summed E-state index contributed by atoms with van der Waals surface area (Å²) in [5.41, 5.74) is 2.30. The highest BCUT2D eigenvalue weighted by molar-refractivity contribution is 5.75. The fraction of sp³-hybridized carbons (Fsp3) is 0.462. The van der Waals surface area contributed by atoms with Gasteiger partial charge in [-0.15, -0.1) is 0 Å². The van der Waals surface area contributed by atoms with Gasteiger partial charge in [-0.3, -0.25) is 4.79 Å². The Labute approximate surface area is 101 Å². The molecule has 0 radical (unpaired) electrons. The minimum atomic E-state index is -0.0178. The zero-order valence-corrected chi connectivity index (χ0v) is 9.74. The highest BCUT2D eigenvalue weighted by Gasteiger charge is 2.12. The Balaban J connectivity index is 1.85. The molecule has 0 saturated heterocycles. The number of hydrogen-bond acceptors (Lipinski definition) is 3. The number of fused-ring (bicyclic) bond motifs is 1. The molecule has 0 spiro atoms. The van der Waals surface area contributed by atoms with Gasteiger partial charge in [0, 0.05) is 26.0 Å². The maximum Gasteiger partial charge on any atom is 0.220 e. The molecule has 0 bridgehead atoms. The summed E-state index contributed by atoms with van der Waals surface area (Å²) in [6.07, 6.45) is 1.84. The van der Waals surface area contributed by atoms with Crippen molar-refractivity contribution in [3.05, 3.63) is 29.3 Å². The summed E-state index contributed by atoms with van der Waals surface area (Å²) >= 11 is 0. The molecule has 4 nitrogen and oxygen atoms in total. The minimum Gasteiger partial charge on any atom is -0.493 e. The number of amides is 1. The predicted molar refractivity (Wildman–Crippen MR) is 63.8 cm³/mol. The van der Waals surface area contributed by atoms with Gasteiger partial charge in [-0.1, -0.05) is 12.1 Å². The van der Waals surface area contributed by atoms with E-state index in [-0.39, 0.29) is 12.5 Å². The Kier molecular flexibility index (Phi) is 3.98. The van der Waals surface area contributed by atoms with E-state index in [1.165, 1.54) is 5.56 Å². The topological polar surface area (TPSA) is 58.6 Å². The van der Waals surface area contributed by atoms with Crippen LogP contribution in [0.15, 0.2) is 18.2 Å². The third kappa shape index (κ3) is 3.20. The summed E-state index contributed by atoms with van der Waals surface area (Å²) in [5.74, 6) is 0.941. The van der Waals surface area contributed by atoms with Crippen LogP contribution in [0.5, 0.6) is 5.75 Å². The molecular weight excluding hydrogens is 218 g/mol. The van der Waals surface area contributed by atoms with Crippen molar-refractivity contribution < 1.29 is 14.6 Å². The van der Waals surface area contributed by atoms with Crippen LogP contribution in [0.1, 0.15) is 24.0 Å². The highest BCUT2D eigenvalue weighted by atomic mass is 16.5. The Hall–Kier alpha value is -1.55. The Morgan fingerprint density at radius 2 is 2.35 bits per heavy atom. The molecule has 4 heteroatoms. The summed E-state index contributed by atoms with van der Waals surface area (Å²) in [6.45, 7) is 1.35. The van der Waals surface area contributed by atoms with Gasteiger partial charge in [-0.05, 0) is 23.6 Å². The van der Waals surface area contributed by atoms with Gasteiger partial charge in [0.15, 0.2) is 0 Å². The van der Waals surface area contributed by atoms with E-state index in [4.69, 9.17) is 9.84 Å². The molecule has 0 saturated carbocycles. The van der Waals surface area contributed by atoms with E-state index < -0.39 is 0 Å². The van der Waals surface area contributed by atoms with Gasteiger partial charge in [0.25, 0.3) is 0 Å². The summed E-state index contributed by atoms with van der Waals surface area (Å²) in [5, 5.41) is 11.4. The largest absolute Gasteiger partial charge is 0.493 e. The standard InChI is InChI=1S/C13H17NO3/c15-6-1-2-13(16)14-9-10-3-4-12-11(8-10)5-7-17-12/h3-4,8,15H,1-2,5-7,9H2,(H,14,16). The Morgan fingerprint density at radius 1 is 1.47 bits per heavy atom. The summed E-state index contributed by atoms with van der Waals surface area (Å²) < 4.78 is 5.42. The third-order valence-electron chi connectivity index (χ3n) is 2.81. The first-order valence-electron chi connectivity index (χ1n) is 5.92. The second kappa shape index (κ2) is 5.68. The first kappa shape index (κ1) is 11.9. The van der Waals surface area contributed by atoms with E-state index >= 15 is 0 Å². The smallest absolute Gasteiger partial charge is 0.220 e. The Morgan fingerprint density at radius 3 is 3.18 bits per heavy atom. The molecule has 0 aliphatic carbocycles. The number of rotatable bonds is 5. The lowest BCUT2D eigenvalue weighted by Crippen LogP contribution is -2.22. The van der Waals surface area contributed by atoms with Crippen molar-refractivity contribution in [2.75, 3.05) is 13.2 Å². The molecule has 1 heterocycles. The number of aliphatic hydroxyl groups is 1. The summed E-state index contributed by atoms with van der Waals surface area (Å²) in [6, 6.07) is 6.00. The van der Waals surface area contributed by atoms with Crippen LogP contribution >= 0.6 is 0 Å². The van der Waals surface area contributed by atoms with Crippen LogP contribution in [0.3, 0.4) is 0 Å². The average Bonchev–Trinajstić information content (AvgIpc) is 2.81. The molecular formula is C13H17NO3. The molecule has 0 fully saturated rings. The molecule has 1 aromatic rings. The molecule has 0 atom stereocenters. The lowest BCUT2D eigenvalue weighted by molar-refractivity contribution is -0.121. The van der Waals surface area contributed by atoms with Crippen LogP contribution in [0, 0.1) is 0 Å². The number of hydrogen-bond donors (Lipinski definition) is 2. The van der Waals surface area contributed by atoms with Crippen molar-refractivity contribution in [1.82, 2.24) is 5.32 Å². The number of ether oxygens (including phenoxy) is 1. The molecule has 2 N–H and O–H groups in total. The predicted octanol–water partition coefficient (Wildman–Crippen LogP) is 1.01. The summed E-state index contributed by atoms with van der Waals surface area (Å²) in [4.78, 5) is 11.4. The number of aliphatic hydroxyl groups excluding tert-OH is 1. The quantitative estimate of drug-likeness (QED) is 0.800. The normalized spacial score (nSPS) is 13.0. The lowest BCUT2D eigenvalue weighted by atomic mass is 10.1. The van der Waals surface area contributed by atoms with Crippen LogP contribution < -0.4 is 10.1 Å². The van der Waals surface area contributed by atoms with Crippen molar-refractivity contribution >= 4 is 5.91 Å². The van der Waals surface area contributed by atoms with Gasteiger partial charge in [0.1, 0.15) is 5.75 Å². The molecule has 1 amide bonds. The van der Waals surface area contributed by atoms with E-state index in [9.17, 15) is 4.79 Å². The fourth-order valence-electron chi connectivity index (χ4n) is 1.88. The average molecular weight is 235 g/mol. The van der Waals surface area contributed by atoms with Crippen LogP contribution in [-0.4, -0.2) is 24.2 Å². The van der Waals surface area contributed by atoms with Crippen molar-refractivity contribution in [2.45, 2.75) is 25.8 Å². The van der Waals surface area contributed by atoms with Gasteiger partial charge in [-0.2, -0.15) is 0 Å². The highest BCUT2D eigenvalue weighted by Crippen LogP contribution is 2.25. The third-order valence-corrected chi connectivity index (χ3v) is 2.81. The van der Waals surface area contributed by atoms with E-state index in [1.807, 2.05) is 12.1 Å². The minimum absolute atomic E-state index is 0.0178. The van der Waals surface area contributed by atoms with Gasteiger partial charge in [0.05, 0.1) is 6.61 Å². The number of nitrogens with one attached hydrogen (secondary N) is 1. The van der Waals surface area contributed by atoms with Crippen molar-refractivity contribution in [3.63, 3.8) is 0 Å². The first-order chi connectivity index (χ1) is 8.29. The number of carbonyl (C=O) groups excluding carboxylic acids is 1. The van der Waals surface area contributed by atoms with Gasteiger partial charge < -0.3 is 15.2 Å². The number of benzene rings is 1. The van der Waals surface area contributed by atoms with Crippen molar-refractivity contribution in [2.24, 2.45) is 0 Å². The molecule has 1 aliphatic rings. The molecule has 0 unspecified atom stereocenters. The molecule has 92 valence electrons. The fourth-order valence-corrected chi connectivity index (χ4v) is 1.88. The van der Waals surface area contributed by atoms with E-state index in [1.54, 1.807) is 0 Å². The van der Waals surface area contributed by atoms with Gasteiger partial charge >= 0.3 is 0 Å².